The molecule has 0 radical (unpaired) electrons. The number of carbonyl (C=O) groups excluding carboxylic acids is 3. The highest BCUT2D eigenvalue weighted by atomic mass is 32.2. The summed E-state index contributed by atoms with van der Waals surface area (Å²) in [7, 11) is -4.05. The van der Waals surface area contributed by atoms with Crippen molar-refractivity contribution in [3.05, 3.63) is 95.3 Å². The van der Waals surface area contributed by atoms with E-state index in [4.69, 9.17) is 10.5 Å². The maximum Gasteiger partial charge on any atom is 0.308 e. The first-order valence-electron chi connectivity index (χ1n) is 11.4. The lowest BCUT2D eigenvalue weighted by Gasteiger charge is -2.36. The molecule has 3 aromatic carbocycles. The third-order valence-corrected chi connectivity index (χ3v) is 7.88. The predicted octanol–water partition coefficient (Wildman–Crippen LogP) is 2.78. The number of primary amides is 1. The Morgan fingerprint density at radius 3 is 2.35 bits per heavy atom. The molecule has 3 aromatic rings. The highest BCUT2D eigenvalue weighted by Gasteiger charge is 2.37. The first-order valence-corrected chi connectivity index (χ1v) is 12.8. The molecule has 1 atom stereocenters. The number of halogens is 1. The molecule has 3 N–H and O–H groups in total. The molecule has 0 saturated carbocycles. The average Bonchev–Trinajstić information content (AvgIpc) is 2.88. The standard InChI is InChI=1S/C26H24FN3O6S/c27-19-7-11-21(12-8-19)37(34,35)30-14-13-17-3-1-2-4-22(17)23(30)15-25(32)36-16-24(31)29-20-9-5-18(6-10-20)26(28)33/h1-12,23H,13-16H2,(H2,28,33)(H,29,31)/t23-/m1/s1. The zero-order valence-corrected chi connectivity index (χ0v) is 20.4. The minimum Gasteiger partial charge on any atom is -0.456 e. The predicted molar refractivity (Wildman–Crippen MR) is 132 cm³/mol. The smallest absolute Gasteiger partial charge is 0.308 e. The molecule has 11 heteroatoms. The van der Waals surface area contributed by atoms with Crippen LogP contribution in [-0.4, -0.2) is 43.7 Å². The number of nitrogens with one attached hydrogen (secondary N) is 1. The number of amides is 2. The van der Waals surface area contributed by atoms with E-state index in [-0.39, 0.29) is 23.4 Å². The van der Waals surface area contributed by atoms with Crippen molar-refractivity contribution in [1.29, 1.82) is 0 Å². The molecule has 9 nitrogen and oxygen atoms in total. The lowest BCUT2D eigenvalue weighted by atomic mass is 9.92. The van der Waals surface area contributed by atoms with Crippen molar-refractivity contribution in [2.75, 3.05) is 18.5 Å². The molecule has 0 spiro atoms. The Kier molecular flexibility index (Phi) is 7.65. The summed E-state index contributed by atoms with van der Waals surface area (Å²) in [5, 5.41) is 2.54. The Morgan fingerprint density at radius 2 is 1.68 bits per heavy atom. The minimum atomic E-state index is -4.05. The van der Waals surface area contributed by atoms with Gasteiger partial charge in [0.25, 0.3) is 5.91 Å². The minimum absolute atomic E-state index is 0.0895. The van der Waals surface area contributed by atoms with Gasteiger partial charge in [-0.1, -0.05) is 24.3 Å². The van der Waals surface area contributed by atoms with Crippen molar-refractivity contribution in [2.24, 2.45) is 5.73 Å². The highest BCUT2D eigenvalue weighted by Crippen LogP contribution is 2.36. The molecule has 1 heterocycles. The number of ether oxygens (including phenoxy) is 1. The van der Waals surface area contributed by atoms with Gasteiger partial charge in [0, 0.05) is 17.8 Å². The Labute approximate surface area is 213 Å². The number of esters is 1. The molecular formula is C26H24FN3O6S. The van der Waals surface area contributed by atoms with Crippen molar-refractivity contribution < 1.29 is 31.9 Å². The second-order valence-corrected chi connectivity index (χ2v) is 10.3. The van der Waals surface area contributed by atoms with Gasteiger partial charge >= 0.3 is 5.97 Å². The largest absolute Gasteiger partial charge is 0.456 e. The molecule has 0 aliphatic carbocycles. The molecule has 192 valence electrons. The van der Waals surface area contributed by atoms with Crippen molar-refractivity contribution in [1.82, 2.24) is 4.31 Å². The molecule has 0 bridgehead atoms. The van der Waals surface area contributed by atoms with Crippen LogP contribution < -0.4 is 11.1 Å². The number of hydrogen-bond donors (Lipinski definition) is 2. The lowest BCUT2D eigenvalue weighted by Crippen LogP contribution is -2.41. The lowest BCUT2D eigenvalue weighted by molar-refractivity contribution is -0.148. The van der Waals surface area contributed by atoms with E-state index in [0.29, 0.717) is 17.7 Å². The van der Waals surface area contributed by atoms with Crippen LogP contribution >= 0.6 is 0 Å². The second kappa shape index (κ2) is 10.9. The van der Waals surface area contributed by atoms with Gasteiger partial charge in [-0.25, -0.2) is 12.8 Å². The van der Waals surface area contributed by atoms with E-state index in [1.54, 1.807) is 12.1 Å². The summed E-state index contributed by atoms with van der Waals surface area (Å²) in [5.74, 6) is -2.54. The summed E-state index contributed by atoms with van der Waals surface area (Å²) in [6.07, 6.45) is 0.122. The van der Waals surface area contributed by atoms with Crippen LogP contribution in [0.1, 0.15) is 33.9 Å². The third kappa shape index (κ3) is 6.01. The molecule has 4 rings (SSSR count). The van der Waals surface area contributed by atoms with Crippen LogP contribution in [0.25, 0.3) is 0 Å². The quantitative estimate of drug-likeness (QED) is 0.434. The topological polar surface area (TPSA) is 136 Å². The molecule has 0 unspecified atom stereocenters. The average molecular weight is 526 g/mol. The van der Waals surface area contributed by atoms with Gasteiger partial charge in [-0.3, -0.25) is 14.4 Å². The first-order chi connectivity index (χ1) is 17.6. The van der Waals surface area contributed by atoms with Gasteiger partial charge in [0.1, 0.15) is 5.82 Å². The number of nitrogens with two attached hydrogens (primary N) is 1. The summed E-state index contributed by atoms with van der Waals surface area (Å²) < 4.78 is 46.5. The number of anilines is 1. The number of sulfonamides is 1. The molecule has 0 saturated heterocycles. The van der Waals surface area contributed by atoms with Crippen molar-refractivity contribution >= 4 is 33.5 Å². The molecule has 1 aliphatic heterocycles. The fourth-order valence-electron chi connectivity index (χ4n) is 4.15. The van der Waals surface area contributed by atoms with E-state index in [1.807, 2.05) is 12.1 Å². The van der Waals surface area contributed by atoms with Crippen LogP contribution in [-0.2, 0) is 30.8 Å². The maximum atomic E-state index is 13.4. The summed E-state index contributed by atoms with van der Waals surface area (Å²) in [5.41, 5.74) is 7.41. The molecule has 0 aromatic heterocycles. The summed E-state index contributed by atoms with van der Waals surface area (Å²) in [6.45, 7) is -0.466. The van der Waals surface area contributed by atoms with Crippen LogP contribution in [0.3, 0.4) is 0 Å². The number of carbonyl (C=O) groups is 3. The van der Waals surface area contributed by atoms with Crippen LogP contribution in [0.15, 0.2) is 77.7 Å². The summed E-state index contributed by atoms with van der Waals surface area (Å²) in [6, 6.07) is 16.7. The van der Waals surface area contributed by atoms with E-state index in [0.717, 1.165) is 17.7 Å². The Hall–Kier alpha value is -4.09. The Bertz CT molecular complexity index is 1430. The summed E-state index contributed by atoms with van der Waals surface area (Å²) in [4.78, 5) is 36.0. The molecule has 37 heavy (non-hydrogen) atoms. The molecule has 0 fully saturated rings. The van der Waals surface area contributed by atoms with Crippen LogP contribution in [0.2, 0.25) is 0 Å². The first kappa shape index (κ1) is 26.0. The number of benzene rings is 3. The SMILES string of the molecule is NC(=O)c1ccc(NC(=O)COC(=O)C[C@@H]2c3ccccc3CCN2S(=O)(=O)c2ccc(F)cc2)cc1. The second-order valence-electron chi connectivity index (χ2n) is 8.39. The van der Waals surface area contributed by atoms with E-state index < -0.39 is 46.3 Å². The fourth-order valence-corrected chi connectivity index (χ4v) is 5.75. The molecular weight excluding hydrogens is 501 g/mol. The maximum absolute atomic E-state index is 13.4. The Morgan fingerprint density at radius 1 is 1.00 bits per heavy atom. The van der Waals surface area contributed by atoms with Gasteiger partial charge in [0.2, 0.25) is 15.9 Å². The van der Waals surface area contributed by atoms with Gasteiger partial charge in [0.15, 0.2) is 6.61 Å². The van der Waals surface area contributed by atoms with Crippen LogP contribution in [0.5, 0.6) is 0 Å². The molecule has 2 amide bonds. The van der Waals surface area contributed by atoms with Gasteiger partial charge < -0.3 is 15.8 Å². The van der Waals surface area contributed by atoms with E-state index in [9.17, 15) is 27.2 Å². The van der Waals surface area contributed by atoms with Crippen molar-refractivity contribution in [3.63, 3.8) is 0 Å². The van der Waals surface area contributed by atoms with Crippen LogP contribution in [0.4, 0.5) is 10.1 Å². The Balaban J connectivity index is 1.46. The van der Waals surface area contributed by atoms with Gasteiger partial charge in [-0.2, -0.15) is 4.31 Å². The van der Waals surface area contributed by atoms with E-state index in [2.05, 4.69) is 5.32 Å². The van der Waals surface area contributed by atoms with Crippen molar-refractivity contribution in [3.8, 4) is 0 Å². The zero-order chi connectivity index (χ0) is 26.6. The summed E-state index contributed by atoms with van der Waals surface area (Å²) >= 11 is 0. The fraction of sp³-hybridized carbons (Fsp3) is 0.192. The third-order valence-electron chi connectivity index (χ3n) is 5.96. The van der Waals surface area contributed by atoms with Crippen LogP contribution in [0, 0.1) is 5.82 Å². The van der Waals surface area contributed by atoms with Gasteiger partial charge in [0.05, 0.1) is 17.4 Å². The zero-order valence-electron chi connectivity index (χ0n) is 19.6. The number of fused-ring (bicyclic) bond motifs is 1. The highest BCUT2D eigenvalue weighted by molar-refractivity contribution is 7.89. The number of hydrogen-bond acceptors (Lipinski definition) is 6. The number of rotatable bonds is 8. The van der Waals surface area contributed by atoms with Crippen molar-refractivity contribution in [2.45, 2.75) is 23.8 Å². The number of nitrogens with zero attached hydrogens (tertiary/aromatic N) is 1. The van der Waals surface area contributed by atoms with E-state index in [1.165, 1.54) is 40.7 Å². The normalized spacial score (nSPS) is 15.4. The monoisotopic (exact) mass is 525 g/mol. The van der Waals surface area contributed by atoms with Gasteiger partial charge in [-0.15, -0.1) is 0 Å². The van der Waals surface area contributed by atoms with Gasteiger partial charge in [-0.05, 0) is 66.1 Å². The molecule has 1 aliphatic rings. The van der Waals surface area contributed by atoms with E-state index >= 15 is 0 Å².